The van der Waals surface area contributed by atoms with Gasteiger partial charge in [-0.25, -0.2) is 4.79 Å². The number of rotatable bonds is 7. The van der Waals surface area contributed by atoms with E-state index in [0.717, 1.165) is 27.3 Å². The van der Waals surface area contributed by atoms with Crippen molar-refractivity contribution in [1.29, 1.82) is 5.26 Å². The first-order valence-electron chi connectivity index (χ1n) is 11.0. The monoisotopic (exact) mass is 479 g/mol. The van der Waals surface area contributed by atoms with Crippen LogP contribution in [-0.2, 0) is 28.9 Å². The highest BCUT2D eigenvalue weighted by Gasteiger charge is 2.28. The van der Waals surface area contributed by atoms with Gasteiger partial charge in [0.05, 0.1) is 17.8 Å². The van der Waals surface area contributed by atoms with E-state index in [1.54, 1.807) is 19.3 Å². The van der Waals surface area contributed by atoms with E-state index in [4.69, 9.17) is 9.26 Å². The van der Waals surface area contributed by atoms with Crippen molar-refractivity contribution in [3.8, 4) is 6.07 Å². The number of alkyl carbamates (subject to hydrolysis) is 1. The maximum absolute atomic E-state index is 12.7. The number of hydrogen-bond donors (Lipinski definition) is 2. The summed E-state index contributed by atoms with van der Waals surface area (Å²) >= 11 is 1.38. The predicted octanol–water partition coefficient (Wildman–Crippen LogP) is 4.23. The molecule has 2 atom stereocenters. The van der Waals surface area contributed by atoms with Gasteiger partial charge >= 0.3 is 6.09 Å². The highest BCUT2D eigenvalue weighted by atomic mass is 32.1. The molecule has 0 radical (unpaired) electrons. The molecule has 0 fully saturated rings. The van der Waals surface area contributed by atoms with Crippen LogP contribution >= 0.6 is 11.3 Å². The minimum Gasteiger partial charge on any atom is -0.446 e. The Morgan fingerprint density at radius 2 is 2.29 bits per heavy atom. The zero-order chi connectivity index (χ0) is 24.1. The van der Waals surface area contributed by atoms with E-state index in [9.17, 15) is 14.9 Å². The van der Waals surface area contributed by atoms with Crippen molar-refractivity contribution in [1.82, 2.24) is 15.5 Å². The number of hydrogen-bond acceptors (Lipinski definition) is 8. The molecule has 2 amide bonds. The van der Waals surface area contributed by atoms with Crippen molar-refractivity contribution in [2.75, 3.05) is 5.32 Å². The van der Waals surface area contributed by atoms with E-state index in [1.807, 2.05) is 19.1 Å². The number of fused-ring (bicyclic) bond motifs is 1. The van der Waals surface area contributed by atoms with Crippen molar-refractivity contribution >= 4 is 28.3 Å². The Morgan fingerprint density at radius 3 is 3.00 bits per heavy atom. The lowest BCUT2D eigenvalue weighted by atomic mass is 9.93. The molecule has 3 aromatic heterocycles. The third kappa shape index (κ3) is 5.43. The minimum atomic E-state index is -0.510. The Labute approximate surface area is 201 Å². The number of nitrogens with one attached hydrogen (secondary N) is 2. The highest BCUT2D eigenvalue weighted by molar-refractivity contribution is 7.16. The molecule has 176 valence electrons. The predicted molar refractivity (Wildman–Crippen MR) is 125 cm³/mol. The molecular formula is C24H25N5O4S. The molecule has 9 nitrogen and oxygen atoms in total. The number of amides is 2. The van der Waals surface area contributed by atoms with Gasteiger partial charge in [-0.05, 0) is 42.9 Å². The molecular weight excluding hydrogens is 454 g/mol. The third-order valence-corrected chi connectivity index (χ3v) is 7.05. The summed E-state index contributed by atoms with van der Waals surface area (Å²) in [7, 11) is 0. The number of nitriles is 1. The molecule has 34 heavy (non-hydrogen) atoms. The van der Waals surface area contributed by atoms with Crippen molar-refractivity contribution in [2.24, 2.45) is 0 Å². The summed E-state index contributed by atoms with van der Waals surface area (Å²) in [4.78, 5) is 30.0. The van der Waals surface area contributed by atoms with Gasteiger partial charge in [-0.1, -0.05) is 18.1 Å². The molecule has 0 saturated carbocycles. The van der Waals surface area contributed by atoms with Crippen LogP contribution in [0.1, 0.15) is 58.5 Å². The van der Waals surface area contributed by atoms with Crippen molar-refractivity contribution in [2.45, 2.75) is 58.1 Å². The van der Waals surface area contributed by atoms with Crippen LogP contribution in [0.4, 0.5) is 9.80 Å². The number of thiophene rings is 1. The van der Waals surface area contributed by atoms with Crippen LogP contribution in [0.3, 0.4) is 0 Å². The van der Waals surface area contributed by atoms with Gasteiger partial charge in [0.25, 0.3) is 0 Å². The fraction of sp³-hybridized carbons (Fsp3) is 0.375. The number of aromatic nitrogens is 2. The molecule has 2 N–H and O–H groups in total. The van der Waals surface area contributed by atoms with Crippen LogP contribution < -0.4 is 10.6 Å². The third-order valence-electron chi connectivity index (χ3n) is 5.88. The molecule has 1 aliphatic carbocycles. The Bertz CT molecular complexity index is 1210. The summed E-state index contributed by atoms with van der Waals surface area (Å²) in [6, 6.07) is 6.03. The lowest BCUT2D eigenvalue weighted by molar-refractivity contribution is -0.116. The van der Waals surface area contributed by atoms with Crippen molar-refractivity contribution in [3.05, 3.63) is 63.6 Å². The molecule has 0 aromatic carbocycles. The Balaban J connectivity index is 1.35. The minimum absolute atomic E-state index is 0.00623. The summed E-state index contributed by atoms with van der Waals surface area (Å²) in [5.74, 6) is -0.144. The fourth-order valence-electron chi connectivity index (χ4n) is 3.95. The van der Waals surface area contributed by atoms with Crippen LogP contribution in [-0.4, -0.2) is 28.2 Å². The summed E-state index contributed by atoms with van der Waals surface area (Å²) in [5.41, 5.74) is 3.94. The summed E-state index contributed by atoms with van der Waals surface area (Å²) in [6.07, 6.45) is 6.16. The van der Waals surface area contributed by atoms with Crippen molar-refractivity contribution in [3.63, 3.8) is 0 Å². The second-order valence-corrected chi connectivity index (χ2v) is 9.41. The second-order valence-electron chi connectivity index (χ2n) is 8.31. The number of anilines is 1. The topological polar surface area (TPSA) is 130 Å². The second kappa shape index (κ2) is 10.5. The SMILES string of the molecule is Cc1nocc1CNC(=O)OC1CCc2c(sc(NC(=O)CC(C)c3cccnc3)c2C#N)C1. The summed E-state index contributed by atoms with van der Waals surface area (Å²) in [6.45, 7) is 4.05. The van der Waals surface area contributed by atoms with E-state index in [2.05, 4.69) is 26.8 Å². The standard InChI is InChI=1S/C24H25N5O4S/c1-14(16-4-3-7-26-11-16)8-22(30)28-23-20(10-25)19-6-5-18(9-21(19)34-23)33-24(31)27-12-17-13-32-29-15(17)2/h3-4,7,11,13-14,18H,5-6,8-9,12H2,1-2H3,(H,27,31)(H,28,30). The molecule has 0 spiro atoms. The number of pyridine rings is 1. The van der Waals surface area contributed by atoms with Crippen LogP contribution in [0, 0.1) is 18.3 Å². The normalized spacial score (nSPS) is 15.6. The molecule has 0 bridgehead atoms. The van der Waals surface area contributed by atoms with Gasteiger partial charge in [0, 0.05) is 35.7 Å². The Morgan fingerprint density at radius 1 is 1.44 bits per heavy atom. The van der Waals surface area contributed by atoms with Crippen LogP contribution in [0.2, 0.25) is 0 Å². The van der Waals surface area contributed by atoms with E-state index in [0.29, 0.717) is 29.8 Å². The Hall–Kier alpha value is -3.71. The summed E-state index contributed by atoms with van der Waals surface area (Å²) in [5, 5.41) is 19.7. The van der Waals surface area contributed by atoms with Gasteiger partial charge in [0.1, 0.15) is 23.4 Å². The molecule has 1 aliphatic rings. The average molecular weight is 480 g/mol. The molecule has 3 heterocycles. The smallest absolute Gasteiger partial charge is 0.407 e. The first kappa shape index (κ1) is 23.4. The van der Waals surface area contributed by atoms with E-state index in [1.165, 1.54) is 17.6 Å². The maximum atomic E-state index is 12.7. The molecule has 10 heteroatoms. The Kier molecular flexibility index (Phi) is 7.23. The molecule has 3 aromatic rings. The van der Waals surface area contributed by atoms with Gasteiger partial charge in [0.15, 0.2) is 0 Å². The zero-order valence-corrected chi connectivity index (χ0v) is 19.8. The van der Waals surface area contributed by atoms with Crippen LogP contribution in [0.15, 0.2) is 35.3 Å². The van der Waals surface area contributed by atoms with E-state index < -0.39 is 6.09 Å². The summed E-state index contributed by atoms with van der Waals surface area (Å²) < 4.78 is 10.4. The number of ether oxygens (including phenoxy) is 1. The first-order valence-corrected chi connectivity index (χ1v) is 11.8. The van der Waals surface area contributed by atoms with Gasteiger partial charge < -0.3 is 19.9 Å². The van der Waals surface area contributed by atoms with Gasteiger partial charge in [0.2, 0.25) is 5.91 Å². The average Bonchev–Trinajstić information content (AvgIpc) is 3.39. The number of carbonyl (C=O) groups excluding carboxylic acids is 2. The van der Waals surface area contributed by atoms with Gasteiger partial charge in [-0.3, -0.25) is 9.78 Å². The number of carbonyl (C=O) groups is 2. The van der Waals surface area contributed by atoms with Gasteiger partial charge in [-0.2, -0.15) is 5.26 Å². The van der Waals surface area contributed by atoms with Crippen LogP contribution in [0.25, 0.3) is 0 Å². The lowest BCUT2D eigenvalue weighted by Gasteiger charge is -2.22. The van der Waals surface area contributed by atoms with E-state index in [-0.39, 0.29) is 30.9 Å². The molecule has 4 rings (SSSR count). The highest BCUT2D eigenvalue weighted by Crippen LogP contribution is 2.38. The maximum Gasteiger partial charge on any atom is 0.407 e. The molecule has 2 unspecified atom stereocenters. The first-order chi connectivity index (χ1) is 16.4. The largest absolute Gasteiger partial charge is 0.446 e. The van der Waals surface area contributed by atoms with E-state index >= 15 is 0 Å². The molecule has 0 saturated heterocycles. The lowest BCUT2D eigenvalue weighted by Crippen LogP contribution is -2.31. The quantitative estimate of drug-likeness (QED) is 0.519. The van der Waals surface area contributed by atoms with Gasteiger partial charge in [-0.15, -0.1) is 11.3 Å². The molecule has 0 aliphatic heterocycles. The van der Waals surface area contributed by atoms with Crippen LogP contribution in [0.5, 0.6) is 0 Å². The fourth-order valence-corrected chi connectivity index (χ4v) is 5.23. The number of nitrogens with zero attached hydrogens (tertiary/aromatic N) is 3. The van der Waals surface area contributed by atoms with Crippen molar-refractivity contribution < 1.29 is 18.8 Å². The zero-order valence-electron chi connectivity index (χ0n) is 19.0. The number of aryl methyl sites for hydroxylation is 1.